The summed E-state index contributed by atoms with van der Waals surface area (Å²) < 4.78 is 0. The maximum Gasteiger partial charge on any atom is 0.0621 e. The number of halogens is 2. The van der Waals surface area contributed by atoms with Crippen molar-refractivity contribution in [1.82, 2.24) is 4.98 Å². The monoisotopic (exact) mass is 279 g/mol. The van der Waals surface area contributed by atoms with Gasteiger partial charge in [-0.05, 0) is 36.5 Å². The number of hydrogen-bond donors (Lipinski definition) is 0. The molecule has 0 N–H and O–H groups in total. The van der Waals surface area contributed by atoms with Crippen molar-refractivity contribution in [3.8, 4) is 0 Å². The molecular weight excluding hydrogens is 265 g/mol. The molecule has 2 aromatic rings. The minimum Gasteiger partial charge on any atom is -0.263 e. The van der Waals surface area contributed by atoms with E-state index >= 15 is 0 Å². The van der Waals surface area contributed by atoms with Gasteiger partial charge in [0, 0.05) is 17.8 Å². The molecule has 3 heteroatoms. The van der Waals surface area contributed by atoms with Gasteiger partial charge in [-0.3, -0.25) is 4.98 Å². The first-order valence-corrected chi connectivity index (χ1v) is 6.83. The van der Waals surface area contributed by atoms with Gasteiger partial charge < -0.3 is 0 Å². The van der Waals surface area contributed by atoms with Crippen LogP contribution in [-0.4, -0.2) is 10.4 Å². The Kier molecular flexibility index (Phi) is 5.03. The fourth-order valence-corrected chi connectivity index (χ4v) is 2.35. The maximum absolute atomic E-state index is 6.36. The van der Waals surface area contributed by atoms with Crippen molar-refractivity contribution in [3.05, 3.63) is 64.9 Å². The normalized spacial score (nSPS) is 12.3. The van der Waals surface area contributed by atoms with E-state index in [2.05, 4.69) is 29.2 Å². The van der Waals surface area contributed by atoms with E-state index < -0.39 is 0 Å². The molecule has 0 bridgehead atoms. The number of nitrogens with zero attached hydrogens (tertiary/aromatic N) is 1. The molecule has 18 heavy (non-hydrogen) atoms. The minimum absolute atomic E-state index is 0.102. The van der Waals surface area contributed by atoms with E-state index in [0.29, 0.717) is 5.02 Å². The zero-order chi connectivity index (χ0) is 12.8. The van der Waals surface area contributed by atoms with Gasteiger partial charge in [-0.15, -0.1) is 11.6 Å². The van der Waals surface area contributed by atoms with Gasteiger partial charge in [-0.1, -0.05) is 41.9 Å². The van der Waals surface area contributed by atoms with Gasteiger partial charge >= 0.3 is 0 Å². The van der Waals surface area contributed by atoms with Gasteiger partial charge in [0.2, 0.25) is 0 Å². The lowest BCUT2D eigenvalue weighted by molar-refractivity contribution is 0.743. The fourth-order valence-electron chi connectivity index (χ4n) is 1.88. The summed E-state index contributed by atoms with van der Waals surface area (Å²) in [4.78, 5) is 3.97. The van der Waals surface area contributed by atoms with E-state index in [1.54, 1.807) is 12.4 Å². The predicted octanol–water partition coefficient (Wildman–Crippen LogP) is 4.52. The highest BCUT2D eigenvalue weighted by Gasteiger charge is 2.09. The Labute approximate surface area is 118 Å². The van der Waals surface area contributed by atoms with Crippen LogP contribution in [0.5, 0.6) is 0 Å². The molecule has 0 saturated carbocycles. The molecule has 1 aromatic heterocycles. The third kappa shape index (κ3) is 4.01. The van der Waals surface area contributed by atoms with E-state index in [1.807, 2.05) is 12.1 Å². The summed E-state index contributed by atoms with van der Waals surface area (Å²) in [6.45, 7) is 0. The highest BCUT2D eigenvalue weighted by atomic mass is 35.5. The van der Waals surface area contributed by atoms with Crippen LogP contribution in [0.25, 0.3) is 0 Å². The number of alkyl halides is 1. The lowest BCUT2D eigenvalue weighted by Gasteiger charge is -2.10. The van der Waals surface area contributed by atoms with Crippen LogP contribution in [0.4, 0.5) is 0 Å². The van der Waals surface area contributed by atoms with Gasteiger partial charge in [-0.2, -0.15) is 0 Å². The second-order valence-corrected chi connectivity index (χ2v) is 5.32. The Morgan fingerprint density at radius 2 is 1.89 bits per heavy atom. The van der Waals surface area contributed by atoms with Gasteiger partial charge in [-0.25, -0.2) is 0 Å². The molecule has 1 heterocycles. The Morgan fingerprint density at radius 1 is 1.11 bits per heavy atom. The molecule has 0 radical (unpaired) electrons. The third-order valence-corrected chi connectivity index (χ3v) is 3.60. The molecule has 0 aliphatic rings. The lowest BCUT2D eigenvalue weighted by atomic mass is 10.0. The van der Waals surface area contributed by atoms with Crippen molar-refractivity contribution in [3.63, 3.8) is 0 Å². The molecule has 0 saturated heterocycles. The predicted molar refractivity (Wildman–Crippen MR) is 77.4 cm³/mol. The highest BCUT2D eigenvalue weighted by Crippen LogP contribution is 2.20. The summed E-state index contributed by atoms with van der Waals surface area (Å²) in [5, 5.41) is 0.799. The van der Waals surface area contributed by atoms with Crippen molar-refractivity contribution < 1.29 is 0 Å². The number of aromatic nitrogens is 1. The fraction of sp³-hybridized carbons (Fsp3) is 0.267. The number of pyridine rings is 1. The standard InChI is InChI=1S/C15H15Cl2N/c16-14(7-6-12-4-2-1-3-5-12)10-13-8-9-18-11-15(13)17/h1-5,8-9,11,14H,6-7,10H2. The maximum atomic E-state index is 6.36. The molecule has 94 valence electrons. The summed E-state index contributed by atoms with van der Waals surface area (Å²) in [7, 11) is 0. The van der Waals surface area contributed by atoms with Crippen LogP contribution >= 0.6 is 23.2 Å². The smallest absolute Gasteiger partial charge is 0.0621 e. The Hall–Kier alpha value is -1.05. The molecule has 1 aromatic carbocycles. The molecule has 1 atom stereocenters. The first kappa shape index (κ1) is 13.4. The molecule has 2 rings (SSSR count). The SMILES string of the molecule is Clc1cnccc1CC(Cl)CCc1ccccc1. The first-order chi connectivity index (χ1) is 8.75. The van der Waals surface area contributed by atoms with Gasteiger partial charge in [0.1, 0.15) is 0 Å². The van der Waals surface area contributed by atoms with Crippen molar-refractivity contribution in [2.75, 3.05) is 0 Å². The van der Waals surface area contributed by atoms with E-state index in [4.69, 9.17) is 23.2 Å². The number of rotatable bonds is 5. The Bertz CT molecular complexity index is 485. The van der Waals surface area contributed by atoms with Gasteiger partial charge in [0.05, 0.1) is 5.02 Å². The molecule has 0 aliphatic carbocycles. The Morgan fingerprint density at radius 3 is 2.61 bits per heavy atom. The van der Waals surface area contributed by atoms with Crippen LogP contribution < -0.4 is 0 Å². The average molecular weight is 280 g/mol. The van der Waals surface area contributed by atoms with Crippen LogP contribution in [-0.2, 0) is 12.8 Å². The Balaban J connectivity index is 1.86. The van der Waals surface area contributed by atoms with Crippen molar-refractivity contribution in [2.24, 2.45) is 0 Å². The highest BCUT2D eigenvalue weighted by molar-refractivity contribution is 6.31. The second-order valence-electron chi connectivity index (χ2n) is 4.29. The summed E-state index contributed by atoms with van der Waals surface area (Å²) >= 11 is 12.4. The van der Waals surface area contributed by atoms with Crippen molar-refractivity contribution in [2.45, 2.75) is 24.6 Å². The zero-order valence-electron chi connectivity index (χ0n) is 10.0. The van der Waals surface area contributed by atoms with Gasteiger partial charge in [0.25, 0.3) is 0 Å². The molecule has 1 unspecified atom stereocenters. The largest absolute Gasteiger partial charge is 0.263 e. The van der Waals surface area contributed by atoms with Crippen molar-refractivity contribution >= 4 is 23.2 Å². The average Bonchev–Trinajstić information content (AvgIpc) is 2.40. The molecule has 0 aliphatic heterocycles. The first-order valence-electron chi connectivity index (χ1n) is 6.02. The molecule has 0 fully saturated rings. The van der Waals surface area contributed by atoms with Crippen LogP contribution in [0, 0.1) is 0 Å². The van der Waals surface area contributed by atoms with Crippen LogP contribution in [0.2, 0.25) is 5.02 Å². The van der Waals surface area contributed by atoms with E-state index in [0.717, 1.165) is 24.8 Å². The second kappa shape index (κ2) is 6.77. The van der Waals surface area contributed by atoms with E-state index in [-0.39, 0.29) is 5.38 Å². The summed E-state index contributed by atoms with van der Waals surface area (Å²) in [6, 6.07) is 12.3. The third-order valence-electron chi connectivity index (χ3n) is 2.89. The topological polar surface area (TPSA) is 12.9 Å². The quantitative estimate of drug-likeness (QED) is 0.734. The number of benzene rings is 1. The summed E-state index contributed by atoms with van der Waals surface area (Å²) in [5.74, 6) is 0. The molecule has 0 spiro atoms. The van der Waals surface area contributed by atoms with E-state index in [9.17, 15) is 0 Å². The molecular formula is C15H15Cl2N. The van der Waals surface area contributed by atoms with Crippen molar-refractivity contribution in [1.29, 1.82) is 0 Å². The minimum atomic E-state index is 0.102. The van der Waals surface area contributed by atoms with Crippen LogP contribution in [0.3, 0.4) is 0 Å². The van der Waals surface area contributed by atoms with Gasteiger partial charge in [0.15, 0.2) is 0 Å². The number of hydrogen-bond acceptors (Lipinski definition) is 1. The lowest BCUT2D eigenvalue weighted by Crippen LogP contribution is -2.05. The summed E-state index contributed by atoms with van der Waals surface area (Å²) in [5.41, 5.74) is 2.39. The van der Waals surface area contributed by atoms with Crippen LogP contribution in [0.15, 0.2) is 48.8 Å². The molecule has 0 amide bonds. The van der Waals surface area contributed by atoms with E-state index in [1.165, 1.54) is 5.56 Å². The molecule has 1 nitrogen and oxygen atoms in total. The number of aryl methyl sites for hydroxylation is 1. The van der Waals surface area contributed by atoms with Crippen LogP contribution in [0.1, 0.15) is 17.5 Å². The summed E-state index contributed by atoms with van der Waals surface area (Å²) in [6.07, 6.45) is 6.15. The zero-order valence-corrected chi connectivity index (χ0v) is 11.5.